The van der Waals surface area contributed by atoms with Crippen LogP contribution in [0.15, 0.2) is 153 Å². The van der Waals surface area contributed by atoms with Crippen molar-refractivity contribution in [3.8, 4) is 17.2 Å². The molecule has 5 unspecified atom stereocenters. The Bertz CT molecular complexity index is 2750. The van der Waals surface area contributed by atoms with Crippen LogP contribution in [0.5, 0.6) is 17.2 Å². The first-order chi connectivity index (χ1) is 33.2. The number of benzene rings is 5. The van der Waals surface area contributed by atoms with E-state index in [9.17, 15) is 24.0 Å². The highest BCUT2D eigenvalue weighted by molar-refractivity contribution is 5.94. The lowest BCUT2D eigenvalue weighted by Gasteiger charge is -2.47. The second kappa shape index (κ2) is 23.8. The van der Waals surface area contributed by atoms with Crippen LogP contribution in [0.1, 0.15) is 89.1 Å². The number of hydrogen-bond acceptors (Lipinski definition) is 12. The highest BCUT2D eigenvalue weighted by atomic mass is 16.7. The SMILES string of the molecule is C=C(C)Oc1ccccc1C(=O)OC1OC(COC(=O)c2ccccc2OC(C)=O)C(CC(=C)c2ccccc2CC)C(CC(=C)c2ccccc2CC(C)=O)C1OC(=C)c1ccccc1OC=O. The van der Waals surface area contributed by atoms with Gasteiger partial charge in [-0.15, -0.1) is 0 Å². The van der Waals surface area contributed by atoms with Gasteiger partial charge in [0.05, 0.1) is 17.4 Å². The summed E-state index contributed by atoms with van der Waals surface area (Å²) in [5.41, 5.74) is 5.23. The van der Waals surface area contributed by atoms with Crippen LogP contribution < -0.4 is 14.2 Å². The lowest BCUT2D eigenvalue weighted by atomic mass is 9.72. The number of carbonyl (C=O) groups is 5. The largest absolute Gasteiger partial charge is 0.483 e. The van der Waals surface area contributed by atoms with Gasteiger partial charge in [0.25, 0.3) is 6.47 Å². The van der Waals surface area contributed by atoms with Gasteiger partial charge in [-0.1, -0.05) is 118 Å². The van der Waals surface area contributed by atoms with Crippen molar-refractivity contribution in [1.29, 1.82) is 0 Å². The summed E-state index contributed by atoms with van der Waals surface area (Å²) in [6.45, 7) is 23.6. The van der Waals surface area contributed by atoms with Crippen LogP contribution in [0, 0.1) is 11.8 Å². The van der Waals surface area contributed by atoms with E-state index in [4.69, 9.17) is 33.2 Å². The molecule has 5 atom stereocenters. The maximum absolute atomic E-state index is 14.5. The average Bonchev–Trinajstić information content (AvgIpc) is 3.32. The van der Waals surface area contributed by atoms with E-state index in [0.717, 1.165) is 27.8 Å². The van der Waals surface area contributed by atoms with Crippen LogP contribution in [0.2, 0.25) is 0 Å². The van der Waals surface area contributed by atoms with E-state index in [-0.39, 0.29) is 65.8 Å². The number of carbonyl (C=O) groups excluding carboxylic acids is 5. The third-order valence-electron chi connectivity index (χ3n) is 11.6. The van der Waals surface area contributed by atoms with Gasteiger partial charge in [0, 0.05) is 19.3 Å². The summed E-state index contributed by atoms with van der Waals surface area (Å²) in [5.74, 6) is -2.93. The number of hydrogen-bond donors (Lipinski definition) is 0. The molecule has 12 nitrogen and oxygen atoms in total. The third kappa shape index (κ3) is 13.0. The van der Waals surface area contributed by atoms with Crippen LogP contribution in [0.4, 0.5) is 0 Å². The summed E-state index contributed by atoms with van der Waals surface area (Å²) in [6.07, 6.45) is -2.46. The molecule has 0 bridgehead atoms. The van der Waals surface area contributed by atoms with Crippen molar-refractivity contribution < 1.29 is 57.1 Å². The van der Waals surface area contributed by atoms with E-state index in [1.165, 1.54) is 32.0 Å². The van der Waals surface area contributed by atoms with Crippen molar-refractivity contribution in [3.05, 3.63) is 192 Å². The molecule has 0 aromatic heterocycles. The molecule has 0 N–H and O–H groups in total. The van der Waals surface area contributed by atoms with Crippen molar-refractivity contribution in [2.75, 3.05) is 6.61 Å². The standard InChI is InChI=1S/C57H56O12/c1-9-41-20-10-12-22-43(41)36(4)30-48-49(31-37(5)44-23-13-11-21-42(44)32-38(6)59)54(66-39(7)45-24-14-17-27-50(45)64-34-58)57(69-56(62)47-26-16-18-28-51(47)65-35(2)3)68-53(48)33-63-55(61)46-25-15-19-29-52(46)67-40(8)60/h10-29,34,48-49,53-54,57H,2,4-5,7,9,30-33H2,1,3,6,8H3. The van der Waals surface area contributed by atoms with E-state index >= 15 is 0 Å². The fraction of sp³-hybridized carbons (Fsp3) is 0.246. The van der Waals surface area contributed by atoms with Crippen molar-refractivity contribution in [1.82, 2.24) is 0 Å². The molecular weight excluding hydrogens is 877 g/mol. The Kier molecular flexibility index (Phi) is 17.4. The lowest BCUT2D eigenvalue weighted by Crippen LogP contribution is -2.55. The Morgan fingerprint density at radius 2 is 1.10 bits per heavy atom. The van der Waals surface area contributed by atoms with E-state index in [1.54, 1.807) is 61.5 Å². The zero-order valence-corrected chi connectivity index (χ0v) is 39.3. The number of ether oxygens (including phenoxy) is 7. The second-order valence-electron chi connectivity index (χ2n) is 16.6. The molecule has 0 spiro atoms. The van der Waals surface area contributed by atoms with Gasteiger partial charge in [-0.25, -0.2) is 9.59 Å². The molecule has 1 aliphatic heterocycles. The molecule has 0 radical (unpaired) electrons. The molecule has 5 aromatic rings. The molecular formula is C57H56O12. The van der Waals surface area contributed by atoms with Crippen LogP contribution in [-0.4, -0.2) is 55.3 Å². The van der Waals surface area contributed by atoms with Gasteiger partial charge in [0.1, 0.15) is 46.5 Å². The highest BCUT2D eigenvalue weighted by Crippen LogP contribution is 2.46. The molecule has 1 aliphatic rings. The minimum atomic E-state index is -1.54. The summed E-state index contributed by atoms with van der Waals surface area (Å²) >= 11 is 0. The number of ketones is 1. The molecule has 356 valence electrons. The Balaban J connectivity index is 1.53. The van der Waals surface area contributed by atoms with Gasteiger partial charge in [0.15, 0.2) is 6.10 Å². The molecule has 6 rings (SSSR count). The number of aryl methyl sites for hydroxylation is 1. The van der Waals surface area contributed by atoms with Crippen LogP contribution in [0.3, 0.4) is 0 Å². The van der Waals surface area contributed by atoms with Gasteiger partial charge in [-0.2, -0.15) is 0 Å². The van der Waals surface area contributed by atoms with Gasteiger partial charge >= 0.3 is 17.9 Å². The lowest BCUT2D eigenvalue weighted by molar-refractivity contribution is -0.256. The monoisotopic (exact) mass is 932 g/mol. The molecule has 1 heterocycles. The van der Waals surface area contributed by atoms with Crippen molar-refractivity contribution in [3.63, 3.8) is 0 Å². The molecule has 12 heteroatoms. The van der Waals surface area contributed by atoms with Crippen LogP contribution >= 0.6 is 0 Å². The van der Waals surface area contributed by atoms with Crippen molar-refractivity contribution in [2.45, 2.75) is 71.9 Å². The number of esters is 3. The summed E-state index contributed by atoms with van der Waals surface area (Å²) in [4.78, 5) is 64.8. The first-order valence-corrected chi connectivity index (χ1v) is 22.5. The van der Waals surface area contributed by atoms with Crippen LogP contribution in [0.25, 0.3) is 16.9 Å². The Morgan fingerprint density at radius 3 is 1.68 bits per heavy atom. The maximum atomic E-state index is 14.5. The minimum Gasteiger partial charge on any atom is -0.483 e. The predicted octanol–water partition coefficient (Wildman–Crippen LogP) is 11.0. The minimum absolute atomic E-state index is 0.000775. The van der Waals surface area contributed by atoms with Gasteiger partial charge in [0.2, 0.25) is 6.29 Å². The van der Waals surface area contributed by atoms with E-state index in [0.29, 0.717) is 29.8 Å². The zero-order chi connectivity index (χ0) is 49.6. The van der Waals surface area contributed by atoms with Crippen molar-refractivity contribution in [2.24, 2.45) is 11.8 Å². The van der Waals surface area contributed by atoms with Gasteiger partial charge in [-0.3, -0.25) is 14.4 Å². The first kappa shape index (κ1) is 50.6. The summed E-state index contributed by atoms with van der Waals surface area (Å²) < 4.78 is 42.7. The smallest absolute Gasteiger partial charge is 0.344 e. The fourth-order valence-electron chi connectivity index (χ4n) is 8.55. The molecule has 1 saturated heterocycles. The molecule has 1 fully saturated rings. The maximum Gasteiger partial charge on any atom is 0.344 e. The van der Waals surface area contributed by atoms with E-state index < -0.39 is 48.2 Å². The summed E-state index contributed by atoms with van der Waals surface area (Å²) in [5, 5.41) is 0. The normalized spacial score (nSPS) is 17.3. The predicted molar refractivity (Wildman–Crippen MR) is 262 cm³/mol. The quantitative estimate of drug-likeness (QED) is 0.0281. The van der Waals surface area contributed by atoms with Crippen molar-refractivity contribution >= 4 is 47.1 Å². The Labute approximate surface area is 402 Å². The Morgan fingerprint density at radius 1 is 0.594 bits per heavy atom. The second-order valence-corrected chi connectivity index (χ2v) is 16.6. The summed E-state index contributed by atoms with van der Waals surface area (Å²) in [6, 6.07) is 34.7. The van der Waals surface area contributed by atoms with E-state index in [2.05, 4.69) is 33.2 Å². The topological polar surface area (TPSA) is 150 Å². The average molecular weight is 933 g/mol. The molecule has 0 aliphatic carbocycles. The molecule has 0 amide bonds. The molecule has 69 heavy (non-hydrogen) atoms. The van der Waals surface area contributed by atoms with Gasteiger partial charge in [-0.05, 0) is 109 Å². The highest BCUT2D eigenvalue weighted by Gasteiger charge is 2.50. The number of Topliss-reactive ketones (excluding diaryl/α,β-unsaturated/α-hetero) is 1. The molecule has 5 aromatic carbocycles. The third-order valence-corrected chi connectivity index (χ3v) is 11.6. The number of rotatable bonds is 22. The first-order valence-electron chi connectivity index (χ1n) is 22.5. The Hall–Kier alpha value is -7.83. The van der Waals surface area contributed by atoms with Gasteiger partial charge < -0.3 is 33.2 Å². The number of allylic oxidation sites excluding steroid dienone is 3. The van der Waals surface area contributed by atoms with Crippen LogP contribution in [-0.2, 0) is 46.2 Å². The summed E-state index contributed by atoms with van der Waals surface area (Å²) in [7, 11) is 0. The fourth-order valence-corrected chi connectivity index (χ4v) is 8.55. The zero-order valence-electron chi connectivity index (χ0n) is 39.3. The van der Waals surface area contributed by atoms with E-state index in [1.807, 2.05) is 48.5 Å². The number of para-hydroxylation sites is 3. The molecule has 0 saturated carbocycles.